The van der Waals surface area contributed by atoms with Crippen LogP contribution in [-0.4, -0.2) is 40.1 Å². The zero-order valence-electron chi connectivity index (χ0n) is 15.3. The number of oxazole rings is 1. The minimum Gasteiger partial charge on any atom is -0.423 e. The highest BCUT2D eigenvalue weighted by atomic mass is 19.1. The van der Waals surface area contributed by atoms with Gasteiger partial charge in [0.25, 0.3) is 6.01 Å². The Morgan fingerprint density at radius 3 is 2.59 bits per heavy atom. The predicted molar refractivity (Wildman–Crippen MR) is 101 cm³/mol. The molecule has 5 rings (SSSR count). The lowest BCUT2D eigenvalue weighted by Gasteiger charge is -2.39. The second-order valence-corrected chi connectivity index (χ2v) is 7.48. The number of aromatic nitrogens is 3. The lowest BCUT2D eigenvalue weighted by atomic mass is 10.0. The molecule has 0 bridgehead atoms. The van der Waals surface area contributed by atoms with E-state index < -0.39 is 0 Å². The van der Waals surface area contributed by atoms with Crippen molar-refractivity contribution in [3.05, 3.63) is 42.1 Å². The van der Waals surface area contributed by atoms with Crippen LogP contribution in [0.2, 0.25) is 0 Å². The first kappa shape index (κ1) is 16.5. The Morgan fingerprint density at radius 1 is 1.07 bits per heavy atom. The van der Waals surface area contributed by atoms with Gasteiger partial charge in [-0.3, -0.25) is 0 Å². The Balaban J connectivity index is 1.32. The van der Waals surface area contributed by atoms with Gasteiger partial charge in [-0.2, -0.15) is 4.98 Å². The van der Waals surface area contributed by atoms with Crippen LogP contribution in [0.25, 0.3) is 11.1 Å². The second kappa shape index (κ2) is 6.48. The predicted octanol–water partition coefficient (Wildman–Crippen LogP) is 3.70. The second-order valence-electron chi connectivity index (χ2n) is 7.48. The van der Waals surface area contributed by atoms with Crippen molar-refractivity contribution in [1.29, 1.82) is 0 Å². The number of halogens is 1. The molecular formula is C20H22FN5O. The molecule has 2 fully saturated rings. The number of anilines is 2. The molecule has 1 aliphatic heterocycles. The Hall–Kier alpha value is -2.70. The molecule has 0 radical (unpaired) electrons. The first-order valence-corrected chi connectivity index (χ1v) is 9.55. The van der Waals surface area contributed by atoms with Crippen LogP contribution < -0.4 is 9.80 Å². The van der Waals surface area contributed by atoms with Crippen molar-refractivity contribution in [2.24, 2.45) is 0 Å². The minimum atomic E-state index is -0.290. The van der Waals surface area contributed by atoms with E-state index in [1.807, 2.05) is 6.92 Å². The van der Waals surface area contributed by atoms with E-state index in [2.05, 4.69) is 30.8 Å². The Kier molecular flexibility index (Phi) is 3.95. The summed E-state index contributed by atoms with van der Waals surface area (Å²) in [6, 6.07) is 8.19. The normalized spacial score (nSPS) is 18.2. The van der Waals surface area contributed by atoms with Gasteiger partial charge >= 0.3 is 0 Å². The van der Waals surface area contributed by atoms with E-state index in [9.17, 15) is 4.39 Å². The van der Waals surface area contributed by atoms with E-state index >= 15 is 0 Å². The van der Waals surface area contributed by atoms with Crippen molar-refractivity contribution < 1.29 is 8.81 Å². The highest BCUT2D eigenvalue weighted by molar-refractivity contribution is 5.74. The van der Waals surface area contributed by atoms with Crippen molar-refractivity contribution in [2.45, 2.75) is 44.7 Å². The summed E-state index contributed by atoms with van der Waals surface area (Å²) in [5, 5.41) is 0. The number of rotatable bonds is 4. The van der Waals surface area contributed by atoms with Crippen molar-refractivity contribution in [3.8, 4) is 0 Å². The lowest BCUT2D eigenvalue weighted by Crippen LogP contribution is -2.46. The van der Waals surface area contributed by atoms with Crippen molar-refractivity contribution in [2.75, 3.05) is 22.9 Å². The third-order valence-electron chi connectivity index (χ3n) is 5.46. The van der Waals surface area contributed by atoms with Gasteiger partial charge in [0, 0.05) is 43.0 Å². The number of fused-ring (bicyclic) bond motifs is 1. The Morgan fingerprint density at radius 2 is 1.85 bits per heavy atom. The summed E-state index contributed by atoms with van der Waals surface area (Å²) in [4.78, 5) is 17.9. The van der Waals surface area contributed by atoms with Gasteiger partial charge in [0.15, 0.2) is 5.58 Å². The van der Waals surface area contributed by atoms with Crippen LogP contribution in [0, 0.1) is 12.7 Å². The van der Waals surface area contributed by atoms with Crippen LogP contribution in [0.4, 0.5) is 16.2 Å². The molecule has 1 aliphatic carbocycles. The van der Waals surface area contributed by atoms with Crippen LogP contribution in [0.3, 0.4) is 0 Å². The van der Waals surface area contributed by atoms with Crippen molar-refractivity contribution in [3.63, 3.8) is 0 Å². The van der Waals surface area contributed by atoms with Crippen LogP contribution in [0.15, 0.2) is 35.0 Å². The van der Waals surface area contributed by atoms with Crippen LogP contribution in [0.1, 0.15) is 31.4 Å². The van der Waals surface area contributed by atoms with Gasteiger partial charge in [-0.1, -0.05) is 0 Å². The summed E-state index contributed by atoms with van der Waals surface area (Å²) in [6.07, 6.45) is 6.17. The highest BCUT2D eigenvalue weighted by Crippen LogP contribution is 2.36. The number of aryl methyl sites for hydroxylation is 1. The summed E-state index contributed by atoms with van der Waals surface area (Å²) < 4.78 is 19.2. The van der Waals surface area contributed by atoms with Crippen LogP contribution >= 0.6 is 0 Å². The molecule has 3 heterocycles. The van der Waals surface area contributed by atoms with E-state index in [0.717, 1.165) is 37.4 Å². The summed E-state index contributed by atoms with van der Waals surface area (Å²) in [5.41, 5.74) is 2.20. The van der Waals surface area contributed by atoms with E-state index in [0.29, 0.717) is 29.2 Å². The van der Waals surface area contributed by atoms with Crippen LogP contribution in [-0.2, 0) is 0 Å². The third kappa shape index (κ3) is 3.22. The number of piperidine rings is 1. The van der Waals surface area contributed by atoms with E-state index in [1.54, 1.807) is 12.4 Å². The fourth-order valence-corrected chi connectivity index (χ4v) is 3.97. The zero-order chi connectivity index (χ0) is 18.4. The Labute approximate surface area is 157 Å². The van der Waals surface area contributed by atoms with Gasteiger partial charge in [-0.05, 0) is 44.7 Å². The van der Waals surface area contributed by atoms with E-state index in [4.69, 9.17) is 4.42 Å². The van der Waals surface area contributed by atoms with Gasteiger partial charge in [0.2, 0.25) is 0 Å². The SMILES string of the molecule is Cc1cc(N(C2CC2)C2CCN(c3nc4cc(F)ccc4o3)CC2)ncn1. The summed E-state index contributed by atoms with van der Waals surface area (Å²) in [6.45, 7) is 3.75. The van der Waals surface area contributed by atoms with E-state index in [1.165, 1.54) is 25.0 Å². The molecule has 0 spiro atoms. The molecule has 0 amide bonds. The largest absolute Gasteiger partial charge is 0.423 e. The fourth-order valence-electron chi connectivity index (χ4n) is 3.97. The van der Waals surface area contributed by atoms with Crippen LogP contribution in [0.5, 0.6) is 0 Å². The molecule has 140 valence electrons. The molecule has 3 aromatic rings. The molecule has 2 aliphatic rings. The fraction of sp³-hybridized carbons (Fsp3) is 0.450. The van der Waals surface area contributed by atoms with E-state index in [-0.39, 0.29) is 5.82 Å². The molecule has 0 N–H and O–H groups in total. The zero-order valence-corrected chi connectivity index (χ0v) is 15.3. The quantitative estimate of drug-likeness (QED) is 0.701. The molecule has 7 heteroatoms. The number of hydrogen-bond acceptors (Lipinski definition) is 6. The van der Waals surface area contributed by atoms with Gasteiger partial charge < -0.3 is 14.2 Å². The Bertz CT molecular complexity index is 962. The monoisotopic (exact) mass is 367 g/mol. The minimum absolute atomic E-state index is 0.290. The molecule has 6 nitrogen and oxygen atoms in total. The van der Waals surface area contributed by atoms with Gasteiger partial charge in [-0.15, -0.1) is 0 Å². The maximum atomic E-state index is 13.4. The van der Waals surface area contributed by atoms with Crippen molar-refractivity contribution >= 4 is 22.9 Å². The molecule has 0 unspecified atom stereocenters. The number of nitrogens with zero attached hydrogens (tertiary/aromatic N) is 5. The van der Waals surface area contributed by atoms with Gasteiger partial charge in [0.1, 0.15) is 23.5 Å². The molecule has 1 saturated carbocycles. The topological polar surface area (TPSA) is 58.3 Å². The molecule has 27 heavy (non-hydrogen) atoms. The first-order chi connectivity index (χ1) is 13.2. The average Bonchev–Trinajstić information content (AvgIpc) is 3.40. The maximum absolute atomic E-state index is 13.4. The first-order valence-electron chi connectivity index (χ1n) is 9.55. The van der Waals surface area contributed by atoms with Gasteiger partial charge in [-0.25, -0.2) is 14.4 Å². The number of hydrogen-bond donors (Lipinski definition) is 0. The summed E-state index contributed by atoms with van der Waals surface area (Å²) in [7, 11) is 0. The molecular weight excluding hydrogens is 345 g/mol. The smallest absolute Gasteiger partial charge is 0.298 e. The summed E-state index contributed by atoms with van der Waals surface area (Å²) in [5.74, 6) is 0.752. The lowest BCUT2D eigenvalue weighted by molar-refractivity contribution is 0.437. The molecule has 1 aromatic carbocycles. The molecule has 2 aromatic heterocycles. The summed E-state index contributed by atoms with van der Waals surface area (Å²) >= 11 is 0. The molecule has 0 atom stereocenters. The van der Waals surface area contributed by atoms with Gasteiger partial charge in [0.05, 0.1) is 0 Å². The highest BCUT2D eigenvalue weighted by Gasteiger charge is 2.37. The number of benzene rings is 1. The van der Waals surface area contributed by atoms with Crippen molar-refractivity contribution in [1.82, 2.24) is 15.0 Å². The molecule has 1 saturated heterocycles. The maximum Gasteiger partial charge on any atom is 0.298 e. The third-order valence-corrected chi connectivity index (χ3v) is 5.46. The standard InChI is InChI=1S/C20H22FN5O/c1-13-10-19(23-12-22-13)26(15-3-4-15)16-6-8-25(9-7-16)20-24-17-11-14(21)2-5-18(17)27-20/h2,5,10-12,15-16H,3-4,6-9H2,1H3. The average molecular weight is 367 g/mol.